The number of piperazine rings is 1. The molecule has 1 aliphatic heterocycles. The molecule has 1 saturated heterocycles. The van der Waals surface area contributed by atoms with Crippen LogP contribution in [0.15, 0.2) is 35.5 Å². The Bertz CT molecular complexity index is 1030. The molecular formula is C21H26N6OS. The zero-order valence-corrected chi connectivity index (χ0v) is 17.9. The van der Waals surface area contributed by atoms with Gasteiger partial charge in [0, 0.05) is 44.1 Å². The first-order valence-corrected chi connectivity index (χ1v) is 10.9. The number of rotatable bonds is 5. The summed E-state index contributed by atoms with van der Waals surface area (Å²) < 4.78 is 1.73. The average molecular weight is 411 g/mol. The van der Waals surface area contributed by atoms with Gasteiger partial charge in [-0.25, -0.2) is 9.50 Å². The number of nitrogens with zero attached hydrogens (tertiary/aromatic N) is 6. The van der Waals surface area contributed by atoms with E-state index >= 15 is 0 Å². The maximum atomic E-state index is 12.6. The number of hydrogen-bond acceptors (Lipinski definition) is 6. The Morgan fingerprint density at radius 1 is 1.07 bits per heavy atom. The number of thioether (sulfide) groups is 1. The zero-order chi connectivity index (χ0) is 20.4. The number of hydrogen-bond donors (Lipinski definition) is 0. The first-order valence-electron chi connectivity index (χ1n) is 9.88. The largest absolute Gasteiger partial charge is 0.339 e. The molecule has 4 rings (SSSR count). The van der Waals surface area contributed by atoms with Gasteiger partial charge < -0.3 is 4.90 Å². The first kappa shape index (κ1) is 19.8. The van der Waals surface area contributed by atoms with E-state index in [4.69, 9.17) is 0 Å². The number of aryl methyl sites for hydroxylation is 3. The van der Waals surface area contributed by atoms with Crippen molar-refractivity contribution in [3.8, 4) is 0 Å². The Morgan fingerprint density at radius 3 is 2.59 bits per heavy atom. The molecule has 0 saturated carbocycles. The Morgan fingerprint density at radius 2 is 1.83 bits per heavy atom. The highest BCUT2D eigenvalue weighted by Gasteiger charge is 2.22. The molecule has 0 unspecified atom stereocenters. The Kier molecular flexibility index (Phi) is 5.82. The van der Waals surface area contributed by atoms with Crippen molar-refractivity contribution < 1.29 is 4.79 Å². The summed E-state index contributed by atoms with van der Waals surface area (Å²) in [5.41, 5.74) is 4.59. The fraction of sp³-hybridized carbons (Fsp3) is 0.429. The molecule has 1 aliphatic rings. The van der Waals surface area contributed by atoms with Gasteiger partial charge in [0.25, 0.3) is 5.78 Å². The van der Waals surface area contributed by atoms with Gasteiger partial charge in [0.2, 0.25) is 11.1 Å². The van der Waals surface area contributed by atoms with E-state index in [0.29, 0.717) is 16.7 Å². The normalized spacial score (nSPS) is 15.2. The molecule has 152 valence electrons. The maximum absolute atomic E-state index is 12.6. The summed E-state index contributed by atoms with van der Waals surface area (Å²) in [6, 6.07) is 10.5. The topological polar surface area (TPSA) is 66.6 Å². The quantitative estimate of drug-likeness (QED) is 0.602. The number of carbonyl (C=O) groups is 1. The summed E-state index contributed by atoms with van der Waals surface area (Å²) in [5.74, 6) is 1.08. The highest BCUT2D eigenvalue weighted by atomic mass is 32.2. The monoisotopic (exact) mass is 410 g/mol. The van der Waals surface area contributed by atoms with Crippen LogP contribution in [0.4, 0.5) is 0 Å². The van der Waals surface area contributed by atoms with Gasteiger partial charge in [-0.1, -0.05) is 36.0 Å². The highest BCUT2D eigenvalue weighted by Crippen LogP contribution is 2.17. The van der Waals surface area contributed by atoms with E-state index in [-0.39, 0.29) is 5.91 Å². The fourth-order valence-corrected chi connectivity index (χ4v) is 4.33. The van der Waals surface area contributed by atoms with Gasteiger partial charge in [-0.15, -0.1) is 5.10 Å². The molecule has 0 radical (unpaired) electrons. The lowest BCUT2D eigenvalue weighted by atomic mass is 10.1. The summed E-state index contributed by atoms with van der Waals surface area (Å²) in [4.78, 5) is 25.8. The molecule has 0 N–H and O–H groups in total. The second kappa shape index (κ2) is 8.51. The lowest BCUT2D eigenvalue weighted by Crippen LogP contribution is -2.48. The molecule has 1 fully saturated rings. The first-order chi connectivity index (χ1) is 14.0. The molecule has 0 spiro atoms. The Balaban J connectivity index is 1.29. The van der Waals surface area contributed by atoms with E-state index in [1.165, 1.54) is 22.9 Å². The van der Waals surface area contributed by atoms with Gasteiger partial charge in [-0.05, 0) is 38.0 Å². The predicted molar refractivity (Wildman–Crippen MR) is 114 cm³/mol. The zero-order valence-electron chi connectivity index (χ0n) is 17.1. The van der Waals surface area contributed by atoms with Crippen molar-refractivity contribution in [2.45, 2.75) is 32.5 Å². The minimum atomic E-state index is 0.144. The summed E-state index contributed by atoms with van der Waals surface area (Å²) in [6.07, 6.45) is 0. The average Bonchev–Trinajstić information content (AvgIpc) is 3.12. The summed E-state index contributed by atoms with van der Waals surface area (Å²) in [5, 5.41) is 5.06. The SMILES string of the molecule is Cc1cc(C)n2nc(SCC(=O)N3CCN(Cc4ccccc4C)CC3)nc2n1. The van der Waals surface area contributed by atoms with Crippen molar-refractivity contribution in [3.63, 3.8) is 0 Å². The third-order valence-corrected chi connectivity index (χ3v) is 6.13. The molecule has 0 aliphatic carbocycles. The number of amides is 1. The van der Waals surface area contributed by atoms with Crippen molar-refractivity contribution in [3.05, 3.63) is 52.8 Å². The van der Waals surface area contributed by atoms with E-state index < -0.39 is 0 Å². The Labute approximate surface area is 175 Å². The van der Waals surface area contributed by atoms with Crippen LogP contribution in [-0.2, 0) is 11.3 Å². The highest BCUT2D eigenvalue weighted by molar-refractivity contribution is 7.99. The van der Waals surface area contributed by atoms with Crippen molar-refractivity contribution in [2.75, 3.05) is 31.9 Å². The van der Waals surface area contributed by atoms with Crippen molar-refractivity contribution in [2.24, 2.45) is 0 Å². The molecule has 0 atom stereocenters. The number of benzene rings is 1. The molecule has 1 amide bonds. The van der Waals surface area contributed by atoms with Crippen LogP contribution >= 0.6 is 11.8 Å². The van der Waals surface area contributed by atoms with E-state index in [9.17, 15) is 4.79 Å². The van der Waals surface area contributed by atoms with Crippen molar-refractivity contribution >= 4 is 23.4 Å². The number of aromatic nitrogens is 4. The van der Waals surface area contributed by atoms with Crippen LogP contribution in [0.25, 0.3) is 5.78 Å². The van der Waals surface area contributed by atoms with Crippen LogP contribution in [0.2, 0.25) is 0 Å². The molecule has 3 aromatic rings. The smallest absolute Gasteiger partial charge is 0.253 e. The number of fused-ring (bicyclic) bond motifs is 1. The van der Waals surface area contributed by atoms with Crippen LogP contribution < -0.4 is 0 Å². The minimum absolute atomic E-state index is 0.144. The summed E-state index contributed by atoms with van der Waals surface area (Å²) in [6.45, 7) is 10.4. The molecule has 3 heterocycles. The molecular weight excluding hydrogens is 384 g/mol. The van der Waals surface area contributed by atoms with E-state index in [0.717, 1.165) is 44.1 Å². The van der Waals surface area contributed by atoms with Gasteiger partial charge >= 0.3 is 0 Å². The van der Waals surface area contributed by atoms with Crippen LogP contribution in [0.3, 0.4) is 0 Å². The van der Waals surface area contributed by atoms with Crippen LogP contribution in [-0.4, -0.2) is 67.2 Å². The van der Waals surface area contributed by atoms with E-state index in [1.54, 1.807) is 4.52 Å². The van der Waals surface area contributed by atoms with Gasteiger partial charge in [-0.2, -0.15) is 4.98 Å². The van der Waals surface area contributed by atoms with Crippen LogP contribution in [0.5, 0.6) is 0 Å². The fourth-order valence-electron chi connectivity index (χ4n) is 3.61. The molecule has 2 aromatic heterocycles. The second-order valence-electron chi connectivity index (χ2n) is 7.52. The van der Waals surface area contributed by atoms with Crippen LogP contribution in [0, 0.1) is 20.8 Å². The van der Waals surface area contributed by atoms with Gasteiger partial charge in [0.15, 0.2) is 0 Å². The Hall–Kier alpha value is -2.45. The van der Waals surface area contributed by atoms with E-state index in [2.05, 4.69) is 51.2 Å². The van der Waals surface area contributed by atoms with Gasteiger partial charge in [-0.3, -0.25) is 9.69 Å². The predicted octanol–water partition coefficient (Wildman–Crippen LogP) is 2.49. The molecule has 0 bridgehead atoms. The third kappa shape index (κ3) is 4.59. The standard InChI is InChI=1S/C21H26N6OS/c1-15-6-4-5-7-18(15)13-25-8-10-26(11-9-25)19(28)14-29-21-23-20-22-16(2)12-17(3)27(20)24-21/h4-7,12H,8-11,13-14H2,1-3H3. The molecule has 8 heteroatoms. The van der Waals surface area contributed by atoms with Gasteiger partial charge in [0.05, 0.1) is 5.75 Å². The van der Waals surface area contributed by atoms with E-state index in [1.807, 2.05) is 24.8 Å². The van der Waals surface area contributed by atoms with Gasteiger partial charge in [0.1, 0.15) is 0 Å². The number of carbonyl (C=O) groups excluding carboxylic acids is 1. The molecule has 1 aromatic carbocycles. The summed E-state index contributed by atoms with van der Waals surface area (Å²) >= 11 is 1.38. The second-order valence-corrected chi connectivity index (χ2v) is 8.46. The third-order valence-electron chi connectivity index (χ3n) is 5.30. The molecule has 7 nitrogen and oxygen atoms in total. The lowest BCUT2D eigenvalue weighted by molar-refractivity contribution is -0.130. The van der Waals surface area contributed by atoms with Crippen molar-refractivity contribution in [1.29, 1.82) is 0 Å². The molecule has 29 heavy (non-hydrogen) atoms. The van der Waals surface area contributed by atoms with Crippen LogP contribution in [0.1, 0.15) is 22.5 Å². The minimum Gasteiger partial charge on any atom is -0.339 e. The van der Waals surface area contributed by atoms with Crippen molar-refractivity contribution in [1.82, 2.24) is 29.4 Å². The summed E-state index contributed by atoms with van der Waals surface area (Å²) in [7, 11) is 0. The lowest BCUT2D eigenvalue weighted by Gasteiger charge is -2.35. The maximum Gasteiger partial charge on any atom is 0.253 e.